The Balaban J connectivity index is 1.95. The van der Waals surface area contributed by atoms with Crippen molar-refractivity contribution in [3.63, 3.8) is 0 Å². The highest BCUT2D eigenvalue weighted by Crippen LogP contribution is 2.27. The highest BCUT2D eigenvalue weighted by atomic mass is 35.5. The minimum atomic E-state index is 0.214. The number of halogens is 1. The first kappa shape index (κ1) is 13.3. The lowest BCUT2D eigenvalue weighted by molar-refractivity contribution is 0.553. The molecule has 3 rings (SSSR count). The normalized spacial score (nSPS) is 12.5. The summed E-state index contributed by atoms with van der Waals surface area (Å²) in [6, 6.07) is 14.4. The summed E-state index contributed by atoms with van der Waals surface area (Å²) in [5, 5.41) is 10.8. The monoisotopic (exact) mass is 303 g/mol. The maximum atomic E-state index is 6.22. The average molecular weight is 304 g/mol. The van der Waals surface area contributed by atoms with E-state index in [0.717, 1.165) is 17.8 Å². The van der Waals surface area contributed by atoms with Gasteiger partial charge in [-0.1, -0.05) is 36.4 Å². The molecule has 2 heterocycles. The van der Waals surface area contributed by atoms with Crippen molar-refractivity contribution in [3.05, 3.63) is 58.0 Å². The first-order valence-electron chi connectivity index (χ1n) is 6.44. The minimum absolute atomic E-state index is 0.214. The van der Waals surface area contributed by atoms with E-state index in [2.05, 4.69) is 34.6 Å². The van der Waals surface area contributed by atoms with Crippen LogP contribution in [0.1, 0.15) is 17.8 Å². The molecule has 1 unspecified atom stereocenters. The molecule has 0 spiro atoms. The zero-order valence-corrected chi connectivity index (χ0v) is 12.6. The van der Waals surface area contributed by atoms with Crippen molar-refractivity contribution >= 4 is 22.9 Å². The number of aromatic nitrogens is 3. The lowest BCUT2D eigenvalue weighted by Crippen LogP contribution is -2.09. The Morgan fingerprint density at radius 3 is 2.65 bits per heavy atom. The fraction of sp³-hybridized carbons (Fsp3) is 0.200. The van der Waals surface area contributed by atoms with Crippen molar-refractivity contribution in [2.75, 3.05) is 0 Å². The van der Waals surface area contributed by atoms with Gasteiger partial charge < -0.3 is 0 Å². The van der Waals surface area contributed by atoms with E-state index in [9.17, 15) is 0 Å². The standard InChI is InChI=1S/C15H14ClN3S/c1-11(10-13-8-5-9-20-13)19-14(17-18-15(19)16)12-6-3-2-4-7-12/h2-9,11H,10H2,1H3. The Bertz CT molecular complexity index is 676. The third-order valence-electron chi connectivity index (χ3n) is 3.20. The van der Waals surface area contributed by atoms with Crippen molar-refractivity contribution in [1.82, 2.24) is 14.8 Å². The number of hydrogen-bond donors (Lipinski definition) is 0. The molecule has 0 aliphatic heterocycles. The summed E-state index contributed by atoms with van der Waals surface area (Å²) < 4.78 is 2.00. The van der Waals surface area contributed by atoms with Crippen LogP contribution in [0.5, 0.6) is 0 Å². The van der Waals surface area contributed by atoms with Gasteiger partial charge in [-0.05, 0) is 30.0 Å². The largest absolute Gasteiger partial charge is 0.295 e. The number of hydrogen-bond acceptors (Lipinski definition) is 3. The molecule has 0 aliphatic carbocycles. The molecule has 0 aliphatic rings. The first-order valence-corrected chi connectivity index (χ1v) is 7.69. The van der Waals surface area contributed by atoms with Crippen molar-refractivity contribution in [1.29, 1.82) is 0 Å². The third-order valence-corrected chi connectivity index (χ3v) is 4.36. The van der Waals surface area contributed by atoms with Gasteiger partial charge in [-0.15, -0.1) is 21.5 Å². The van der Waals surface area contributed by atoms with Crippen LogP contribution in [-0.4, -0.2) is 14.8 Å². The Kier molecular flexibility index (Phi) is 3.85. The SMILES string of the molecule is CC(Cc1cccs1)n1c(Cl)nnc1-c1ccccc1. The second kappa shape index (κ2) is 5.77. The van der Waals surface area contributed by atoms with Crippen LogP contribution in [-0.2, 0) is 6.42 Å². The molecule has 20 heavy (non-hydrogen) atoms. The van der Waals surface area contributed by atoms with Crippen LogP contribution in [0, 0.1) is 0 Å². The van der Waals surface area contributed by atoms with Gasteiger partial charge >= 0.3 is 0 Å². The first-order chi connectivity index (χ1) is 9.75. The van der Waals surface area contributed by atoms with Gasteiger partial charge in [0.1, 0.15) is 0 Å². The van der Waals surface area contributed by atoms with E-state index in [1.807, 2.05) is 34.9 Å². The van der Waals surface area contributed by atoms with Crippen LogP contribution in [0.2, 0.25) is 5.28 Å². The molecular weight excluding hydrogens is 290 g/mol. The molecule has 0 fully saturated rings. The number of rotatable bonds is 4. The smallest absolute Gasteiger partial charge is 0.225 e. The van der Waals surface area contributed by atoms with Crippen LogP contribution in [0.4, 0.5) is 0 Å². The molecule has 3 aromatic rings. The van der Waals surface area contributed by atoms with Gasteiger partial charge in [0.15, 0.2) is 5.82 Å². The summed E-state index contributed by atoms with van der Waals surface area (Å²) in [4.78, 5) is 1.33. The summed E-state index contributed by atoms with van der Waals surface area (Å²) in [5.41, 5.74) is 1.03. The van der Waals surface area contributed by atoms with E-state index in [-0.39, 0.29) is 6.04 Å². The van der Waals surface area contributed by atoms with E-state index in [1.54, 1.807) is 11.3 Å². The van der Waals surface area contributed by atoms with Gasteiger partial charge in [-0.2, -0.15) is 0 Å². The quantitative estimate of drug-likeness (QED) is 0.712. The molecule has 0 bridgehead atoms. The molecular formula is C15H14ClN3S. The molecule has 0 saturated carbocycles. The summed E-state index contributed by atoms with van der Waals surface area (Å²) in [7, 11) is 0. The van der Waals surface area contributed by atoms with Crippen molar-refractivity contribution in [3.8, 4) is 11.4 Å². The fourth-order valence-corrected chi connectivity index (χ4v) is 3.37. The molecule has 1 aromatic carbocycles. The number of nitrogens with zero attached hydrogens (tertiary/aromatic N) is 3. The number of benzene rings is 1. The fourth-order valence-electron chi connectivity index (χ4n) is 2.26. The molecule has 2 aromatic heterocycles. The maximum Gasteiger partial charge on any atom is 0.225 e. The highest BCUT2D eigenvalue weighted by molar-refractivity contribution is 7.09. The third kappa shape index (κ3) is 2.62. The van der Waals surface area contributed by atoms with Gasteiger partial charge in [-0.3, -0.25) is 4.57 Å². The van der Waals surface area contributed by atoms with Crippen LogP contribution >= 0.6 is 22.9 Å². The van der Waals surface area contributed by atoms with E-state index >= 15 is 0 Å². The molecule has 0 N–H and O–H groups in total. The summed E-state index contributed by atoms with van der Waals surface area (Å²) in [6.45, 7) is 2.14. The zero-order chi connectivity index (χ0) is 13.9. The van der Waals surface area contributed by atoms with Gasteiger partial charge in [-0.25, -0.2) is 0 Å². The van der Waals surface area contributed by atoms with E-state index in [4.69, 9.17) is 11.6 Å². The maximum absolute atomic E-state index is 6.22. The van der Waals surface area contributed by atoms with Crippen molar-refractivity contribution in [2.45, 2.75) is 19.4 Å². The number of thiophene rings is 1. The van der Waals surface area contributed by atoms with Gasteiger partial charge in [0, 0.05) is 22.9 Å². The molecule has 102 valence electrons. The molecule has 0 radical (unpaired) electrons. The summed E-state index contributed by atoms with van der Waals surface area (Å²) in [6.07, 6.45) is 0.926. The van der Waals surface area contributed by atoms with Gasteiger partial charge in [0.05, 0.1) is 0 Å². The second-order valence-electron chi connectivity index (χ2n) is 4.66. The lowest BCUT2D eigenvalue weighted by Gasteiger charge is -2.15. The Morgan fingerprint density at radius 2 is 1.95 bits per heavy atom. The molecule has 3 nitrogen and oxygen atoms in total. The molecule has 5 heteroatoms. The summed E-state index contributed by atoms with van der Waals surface area (Å²) in [5.74, 6) is 0.819. The lowest BCUT2D eigenvalue weighted by atomic mass is 10.1. The topological polar surface area (TPSA) is 30.7 Å². The molecule has 0 saturated heterocycles. The predicted molar refractivity (Wildman–Crippen MR) is 83.2 cm³/mol. The van der Waals surface area contributed by atoms with Gasteiger partial charge in [0.25, 0.3) is 0 Å². The highest BCUT2D eigenvalue weighted by Gasteiger charge is 2.18. The van der Waals surface area contributed by atoms with E-state index < -0.39 is 0 Å². The van der Waals surface area contributed by atoms with Gasteiger partial charge in [0.2, 0.25) is 5.28 Å². The minimum Gasteiger partial charge on any atom is -0.295 e. The van der Waals surface area contributed by atoms with Crippen molar-refractivity contribution in [2.24, 2.45) is 0 Å². The molecule has 1 atom stereocenters. The van der Waals surface area contributed by atoms with Crippen LogP contribution in [0.25, 0.3) is 11.4 Å². The average Bonchev–Trinajstić information content (AvgIpc) is 3.09. The summed E-state index contributed by atoms with van der Waals surface area (Å²) >= 11 is 7.98. The Labute approximate surface area is 126 Å². The Morgan fingerprint density at radius 1 is 1.15 bits per heavy atom. The van der Waals surface area contributed by atoms with Crippen LogP contribution < -0.4 is 0 Å². The van der Waals surface area contributed by atoms with Crippen molar-refractivity contribution < 1.29 is 0 Å². The van der Waals surface area contributed by atoms with Crippen LogP contribution in [0.15, 0.2) is 47.8 Å². The van der Waals surface area contributed by atoms with E-state index in [1.165, 1.54) is 4.88 Å². The van der Waals surface area contributed by atoms with E-state index in [0.29, 0.717) is 5.28 Å². The zero-order valence-electron chi connectivity index (χ0n) is 11.0. The molecule has 0 amide bonds. The second-order valence-corrected chi connectivity index (χ2v) is 6.03. The Hall–Kier alpha value is -1.65. The predicted octanol–water partition coefficient (Wildman–Crippen LogP) is 4.46. The van der Waals surface area contributed by atoms with Crippen LogP contribution in [0.3, 0.4) is 0 Å².